The number of fused-ring (bicyclic) bond motifs is 1. The summed E-state index contributed by atoms with van der Waals surface area (Å²) in [4.78, 5) is 12.2. The smallest absolute Gasteiger partial charge is 0.237 e. The van der Waals surface area contributed by atoms with Crippen molar-refractivity contribution in [3.05, 3.63) is 42.5 Å². The zero-order chi connectivity index (χ0) is 16.4. The van der Waals surface area contributed by atoms with Crippen LogP contribution in [0.25, 0.3) is 10.8 Å². The van der Waals surface area contributed by atoms with Crippen LogP contribution in [0.15, 0.2) is 42.5 Å². The molecule has 4 heteroatoms. The summed E-state index contributed by atoms with van der Waals surface area (Å²) in [6, 6.07) is 14.1. The van der Waals surface area contributed by atoms with Crippen molar-refractivity contribution in [3.63, 3.8) is 0 Å². The van der Waals surface area contributed by atoms with E-state index in [4.69, 9.17) is 4.74 Å². The highest BCUT2D eigenvalue weighted by atomic mass is 16.5. The summed E-state index contributed by atoms with van der Waals surface area (Å²) in [7, 11) is 0. The highest BCUT2D eigenvalue weighted by molar-refractivity contribution is 5.88. The Bertz CT molecular complexity index is 701. The van der Waals surface area contributed by atoms with Crippen molar-refractivity contribution in [2.75, 3.05) is 6.54 Å². The van der Waals surface area contributed by atoms with Crippen LogP contribution in [0.1, 0.15) is 27.2 Å². The Kier molecular flexibility index (Phi) is 4.26. The zero-order valence-electron chi connectivity index (χ0n) is 13.9. The Morgan fingerprint density at radius 1 is 1.17 bits per heavy atom. The summed E-state index contributed by atoms with van der Waals surface area (Å²) < 4.78 is 6.16. The summed E-state index contributed by atoms with van der Waals surface area (Å²) in [5, 5.41) is 8.55. The molecule has 0 unspecified atom stereocenters. The van der Waals surface area contributed by atoms with Crippen LogP contribution in [-0.4, -0.2) is 30.1 Å². The lowest BCUT2D eigenvalue weighted by molar-refractivity contribution is -0.124. The average Bonchev–Trinajstić information content (AvgIpc) is 2.95. The highest BCUT2D eigenvalue weighted by Gasteiger charge is 2.32. The van der Waals surface area contributed by atoms with Gasteiger partial charge in [0.05, 0.1) is 6.04 Å². The van der Waals surface area contributed by atoms with Crippen LogP contribution in [0, 0.1) is 0 Å². The molecule has 0 radical (unpaired) electrons. The minimum atomic E-state index is -0.215. The lowest BCUT2D eigenvalue weighted by atomic mass is 10.1. The minimum absolute atomic E-state index is 0.0107. The topological polar surface area (TPSA) is 50.4 Å². The molecule has 0 bridgehead atoms. The third-order valence-corrected chi connectivity index (χ3v) is 3.95. The van der Waals surface area contributed by atoms with E-state index < -0.39 is 0 Å². The number of hydrogen-bond acceptors (Lipinski definition) is 3. The van der Waals surface area contributed by atoms with Gasteiger partial charge in [-0.2, -0.15) is 0 Å². The Morgan fingerprint density at radius 3 is 2.70 bits per heavy atom. The largest absolute Gasteiger partial charge is 0.488 e. The Balaban J connectivity index is 1.67. The molecule has 2 atom stereocenters. The summed E-state index contributed by atoms with van der Waals surface area (Å²) in [6.45, 7) is 6.66. The molecule has 2 N–H and O–H groups in total. The molecule has 0 saturated carbocycles. The average molecular weight is 312 g/mol. The van der Waals surface area contributed by atoms with Crippen molar-refractivity contribution in [2.45, 2.75) is 44.9 Å². The first kappa shape index (κ1) is 15.8. The quantitative estimate of drug-likeness (QED) is 0.916. The Morgan fingerprint density at radius 2 is 1.91 bits per heavy atom. The predicted octanol–water partition coefficient (Wildman–Crippen LogP) is 2.86. The van der Waals surface area contributed by atoms with Gasteiger partial charge in [0.1, 0.15) is 11.9 Å². The summed E-state index contributed by atoms with van der Waals surface area (Å²) in [6.07, 6.45) is 0.696. The van der Waals surface area contributed by atoms with Crippen LogP contribution in [-0.2, 0) is 4.79 Å². The van der Waals surface area contributed by atoms with E-state index in [1.54, 1.807) is 0 Å². The fourth-order valence-corrected chi connectivity index (χ4v) is 2.93. The molecule has 1 fully saturated rings. The van der Waals surface area contributed by atoms with Crippen LogP contribution >= 0.6 is 0 Å². The lowest BCUT2D eigenvalue weighted by Gasteiger charge is -2.23. The van der Waals surface area contributed by atoms with Crippen LogP contribution in [0.3, 0.4) is 0 Å². The number of carbonyl (C=O) groups excluding carboxylic acids is 1. The van der Waals surface area contributed by atoms with Gasteiger partial charge in [0.15, 0.2) is 0 Å². The summed E-state index contributed by atoms with van der Waals surface area (Å²) >= 11 is 0. The second-order valence-electron chi connectivity index (χ2n) is 7.15. The predicted molar refractivity (Wildman–Crippen MR) is 92.7 cm³/mol. The maximum atomic E-state index is 12.2. The van der Waals surface area contributed by atoms with E-state index in [9.17, 15) is 4.79 Å². The van der Waals surface area contributed by atoms with Crippen molar-refractivity contribution >= 4 is 16.7 Å². The van der Waals surface area contributed by atoms with Gasteiger partial charge in [-0.3, -0.25) is 4.79 Å². The third-order valence-electron chi connectivity index (χ3n) is 3.95. The molecule has 1 aliphatic rings. The number of hydrogen-bond donors (Lipinski definition) is 2. The molecule has 1 amide bonds. The van der Waals surface area contributed by atoms with Gasteiger partial charge < -0.3 is 15.4 Å². The maximum absolute atomic E-state index is 12.2. The Labute approximate surface area is 137 Å². The molecule has 1 saturated heterocycles. The van der Waals surface area contributed by atoms with Crippen LogP contribution in [0.2, 0.25) is 0 Å². The molecule has 1 heterocycles. The zero-order valence-corrected chi connectivity index (χ0v) is 13.9. The van der Waals surface area contributed by atoms with Gasteiger partial charge >= 0.3 is 0 Å². The monoisotopic (exact) mass is 312 g/mol. The molecule has 0 aliphatic carbocycles. The van der Waals surface area contributed by atoms with E-state index >= 15 is 0 Å². The van der Waals surface area contributed by atoms with Gasteiger partial charge in [0.2, 0.25) is 5.91 Å². The first-order chi connectivity index (χ1) is 10.9. The molecular formula is C19H24N2O2. The van der Waals surface area contributed by atoms with Crippen molar-refractivity contribution < 1.29 is 9.53 Å². The normalized spacial score (nSPS) is 21.3. The molecule has 1 aliphatic heterocycles. The molecule has 23 heavy (non-hydrogen) atoms. The third kappa shape index (κ3) is 3.82. The second-order valence-corrected chi connectivity index (χ2v) is 7.15. The van der Waals surface area contributed by atoms with Crippen LogP contribution in [0.4, 0.5) is 0 Å². The summed E-state index contributed by atoms with van der Waals surface area (Å²) in [5.74, 6) is 0.924. The van der Waals surface area contributed by atoms with E-state index in [0.29, 0.717) is 13.0 Å². The molecule has 4 nitrogen and oxygen atoms in total. The first-order valence-electron chi connectivity index (χ1n) is 8.12. The molecule has 0 spiro atoms. The lowest BCUT2D eigenvalue weighted by Crippen LogP contribution is -2.48. The summed E-state index contributed by atoms with van der Waals surface area (Å²) in [5.41, 5.74) is -0.215. The van der Waals surface area contributed by atoms with Gasteiger partial charge in [0, 0.05) is 23.9 Å². The number of amides is 1. The SMILES string of the molecule is CC(C)(C)NC(=O)[C@@H]1C[C@H](Oc2cccc3ccccc23)CN1. The highest BCUT2D eigenvalue weighted by Crippen LogP contribution is 2.27. The van der Waals surface area contributed by atoms with E-state index in [1.165, 1.54) is 0 Å². The van der Waals surface area contributed by atoms with Gasteiger partial charge in [-0.15, -0.1) is 0 Å². The van der Waals surface area contributed by atoms with E-state index in [0.717, 1.165) is 16.5 Å². The number of carbonyl (C=O) groups is 1. The van der Waals surface area contributed by atoms with Gasteiger partial charge in [-0.05, 0) is 32.2 Å². The Hall–Kier alpha value is -2.07. The van der Waals surface area contributed by atoms with E-state index in [-0.39, 0.29) is 23.6 Å². The van der Waals surface area contributed by atoms with E-state index in [1.807, 2.05) is 45.0 Å². The van der Waals surface area contributed by atoms with Gasteiger partial charge in [0.25, 0.3) is 0 Å². The van der Waals surface area contributed by atoms with Crippen LogP contribution in [0.5, 0.6) is 5.75 Å². The van der Waals surface area contributed by atoms with Crippen molar-refractivity contribution in [3.8, 4) is 5.75 Å². The maximum Gasteiger partial charge on any atom is 0.237 e. The van der Waals surface area contributed by atoms with Crippen molar-refractivity contribution in [2.24, 2.45) is 0 Å². The number of nitrogens with one attached hydrogen (secondary N) is 2. The molecule has 2 aromatic carbocycles. The number of ether oxygens (including phenoxy) is 1. The molecule has 3 rings (SSSR count). The first-order valence-corrected chi connectivity index (χ1v) is 8.12. The molecular weight excluding hydrogens is 288 g/mol. The van der Waals surface area contributed by atoms with E-state index in [2.05, 4.69) is 28.8 Å². The fraction of sp³-hybridized carbons (Fsp3) is 0.421. The molecule has 2 aromatic rings. The van der Waals surface area contributed by atoms with Crippen LogP contribution < -0.4 is 15.4 Å². The second kappa shape index (κ2) is 6.20. The van der Waals surface area contributed by atoms with Gasteiger partial charge in [-0.1, -0.05) is 36.4 Å². The fourth-order valence-electron chi connectivity index (χ4n) is 2.93. The standard InChI is InChI=1S/C19H24N2O2/c1-19(2,3)21-18(22)16-11-14(12-20-16)23-17-10-6-8-13-7-4-5-9-15(13)17/h4-10,14,16,20H,11-12H2,1-3H3,(H,21,22)/t14-,16-/m0/s1. The minimum Gasteiger partial charge on any atom is -0.488 e. The number of benzene rings is 2. The number of rotatable bonds is 3. The van der Waals surface area contributed by atoms with Crippen molar-refractivity contribution in [1.82, 2.24) is 10.6 Å². The van der Waals surface area contributed by atoms with Crippen molar-refractivity contribution in [1.29, 1.82) is 0 Å². The molecule has 122 valence electrons. The van der Waals surface area contributed by atoms with Gasteiger partial charge in [-0.25, -0.2) is 0 Å². The molecule has 0 aromatic heterocycles.